The molecule has 3 aromatic rings. The van der Waals surface area contributed by atoms with Crippen LogP contribution in [0, 0.1) is 6.92 Å². The van der Waals surface area contributed by atoms with Crippen molar-refractivity contribution in [3.8, 4) is 5.75 Å². The molecule has 160 valence electrons. The molecule has 0 aliphatic carbocycles. The van der Waals surface area contributed by atoms with Crippen molar-refractivity contribution in [2.45, 2.75) is 19.3 Å². The van der Waals surface area contributed by atoms with Crippen molar-refractivity contribution in [1.29, 1.82) is 0 Å². The molecule has 0 radical (unpaired) electrons. The van der Waals surface area contributed by atoms with E-state index in [0.29, 0.717) is 24.2 Å². The molecule has 0 N–H and O–H groups in total. The van der Waals surface area contributed by atoms with Crippen molar-refractivity contribution in [3.63, 3.8) is 0 Å². The van der Waals surface area contributed by atoms with Crippen molar-refractivity contribution >= 4 is 27.3 Å². The Hall–Kier alpha value is -2.94. The van der Waals surface area contributed by atoms with Crippen molar-refractivity contribution in [1.82, 2.24) is 15.0 Å². The molecule has 9 heteroatoms. The maximum Gasteiger partial charge on any atom is 0.293 e. The summed E-state index contributed by atoms with van der Waals surface area (Å²) in [4.78, 5) is 10.9. The molecule has 0 bridgehead atoms. The summed E-state index contributed by atoms with van der Waals surface area (Å²) < 4.78 is 35.5. The first kappa shape index (κ1) is 21.8. The van der Waals surface area contributed by atoms with E-state index >= 15 is 0 Å². The van der Waals surface area contributed by atoms with Crippen LogP contribution in [-0.2, 0) is 32.8 Å². The number of fused-ring (bicyclic) bond motifs is 1. The molecular formula is C21H25N3O5S. The minimum Gasteiger partial charge on any atom is -0.494 e. The van der Waals surface area contributed by atoms with Crippen LogP contribution in [0.15, 0.2) is 30.3 Å². The van der Waals surface area contributed by atoms with Gasteiger partial charge in [0.1, 0.15) is 33.2 Å². The van der Waals surface area contributed by atoms with Gasteiger partial charge >= 0.3 is 0 Å². The second-order valence-corrected chi connectivity index (χ2v) is 9.61. The minimum atomic E-state index is -3.07. The highest BCUT2D eigenvalue weighted by atomic mass is 32.2. The second-order valence-electron chi connectivity index (χ2n) is 7.35. The predicted octanol–water partition coefficient (Wildman–Crippen LogP) is 2.18. The van der Waals surface area contributed by atoms with Crippen molar-refractivity contribution in [3.05, 3.63) is 52.6 Å². The van der Waals surface area contributed by atoms with Gasteiger partial charge in [-0.25, -0.2) is 13.1 Å². The van der Waals surface area contributed by atoms with Crippen LogP contribution < -0.4 is 4.74 Å². The van der Waals surface area contributed by atoms with E-state index in [-0.39, 0.29) is 18.3 Å². The molecule has 0 aliphatic heterocycles. The number of hydrogen-bond acceptors (Lipinski definition) is 7. The third-order valence-electron chi connectivity index (χ3n) is 5.16. The van der Waals surface area contributed by atoms with Crippen LogP contribution in [0.4, 0.5) is 0 Å². The summed E-state index contributed by atoms with van der Waals surface area (Å²) in [5, 5.41) is 8.24. The molecular weight excluding hydrogens is 406 g/mol. The zero-order chi connectivity index (χ0) is 21.9. The number of hydrogen-bond donors (Lipinski definition) is 0. The smallest absolute Gasteiger partial charge is 0.293 e. The minimum absolute atomic E-state index is 0.0756. The lowest BCUT2D eigenvalue weighted by atomic mass is 9.89. The maximum atomic E-state index is 11.6. The van der Waals surface area contributed by atoms with Gasteiger partial charge in [-0.15, -0.1) is 5.10 Å². The Balaban J connectivity index is 2.07. The molecule has 0 saturated carbocycles. The summed E-state index contributed by atoms with van der Waals surface area (Å²) in [5.74, 6) is 0.426. The van der Waals surface area contributed by atoms with E-state index in [1.807, 2.05) is 37.3 Å². The standard InChI is InChI=1S/C21H25N3O5S/c1-14-5-6-16(9-15(14)7-8-30(4,26)27)18(12-29-13-25)17-10-19-21(20(11-17)28-3)24(2)23-22-19/h5-6,9-11,13,18H,7-8,12H2,1-4H3. The number of carbonyl (C=O) groups excluding carboxylic acids is 1. The Morgan fingerprint density at radius 2 is 1.97 bits per heavy atom. The highest BCUT2D eigenvalue weighted by molar-refractivity contribution is 7.90. The van der Waals surface area contributed by atoms with Crippen LogP contribution in [0.25, 0.3) is 11.0 Å². The first-order chi connectivity index (χ1) is 14.2. The average Bonchev–Trinajstić information content (AvgIpc) is 3.08. The number of methoxy groups -OCH3 is 1. The van der Waals surface area contributed by atoms with Crippen LogP contribution >= 0.6 is 0 Å². The van der Waals surface area contributed by atoms with Crippen molar-refractivity contribution in [2.75, 3.05) is 25.7 Å². The fourth-order valence-corrected chi connectivity index (χ4v) is 4.12. The third-order valence-corrected chi connectivity index (χ3v) is 6.10. The molecule has 1 atom stereocenters. The molecule has 1 unspecified atom stereocenters. The number of aromatic nitrogens is 3. The maximum absolute atomic E-state index is 11.6. The Morgan fingerprint density at radius 1 is 1.20 bits per heavy atom. The highest BCUT2D eigenvalue weighted by Gasteiger charge is 2.20. The number of ether oxygens (including phenoxy) is 2. The van der Waals surface area contributed by atoms with E-state index in [4.69, 9.17) is 9.47 Å². The third kappa shape index (κ3) is 4.79. The molecule has 0 aliphatic rings. The summed E-state index contributed by atoms with van der Waals surface area (Å²) in [6.07, 6.45) is 1.65. The molecule has 1 aromatic heterocycles. The number of aryl methyl sites for hydroxylation is 3. The van der Waals surface area contributed by atoms with Gasteiger partial charge in [-0.05, 0) is 47.7 Å². The van der Waals surface area contributed by atoms with Gasteiger partial charge in [0.05, 0.1) is 12.9 Å². The fourth-order valence-electron chi connectivity index (χ4n) is 3.53. The second kappa shape index (κ2) is 8.83. The lowest BCUT2D eigenvalue weighted by Crippen LogP contribution is -2.12. The Kier molecular flexibility index (Phi) is 6.40. The van der Waals surface area contributed by atoms with Crippen molar-refractivity contribution < 1.29 is 22.7 Å². The van der Waals surface area contributed by atoms with E-state index in [0.717, 1.165) is 27.8 Å². The monoisotopic (exact) mass is 431 g/mol. The van der Waals surface area contributed by atoms with Gasteiger partial charge in [0.2, 0.25) is 0 Å². The van der Waals surface area contributed by atoms with Gasteiger partial charge in [0.15, 0.2) is 0 Å². The van der Waals surface area contributed by atoms with Crippen molar-refractivity contribution in [2.24, 2.45) is 7.05 Å². The lowest BCUT2D eigenvalue weighted by Gasteiger charge is -2.20. The van der Waals surface area contributed by atoms with Crippen LogP contribution in [0.5, 0.6) is 5.75 Å². The highest BCUT2D eigenvalue weighted by Crippen LogP contribution is 2.33. The van der Waals surface area contributed by atoms with E-state index in [1.54, 1.807) is 18.8 Å². The molecule has 0 spiro atoms. The first-order valence-electron chi connectivity index (χ1n) is 9.43. The summed E-state index contributed by atoms with van der Waals surface area (Å²) >= 11 is 0. The molecule has 30 heavy (non-hydrogen) atoms. The van der Waals surface area contributed by atoms with E-state index in [2.05, 4.69) is 10.3 Å². The first-order valence-corrected chi connectivity index (χ1v) is 11.5. The Bertz CT molecular complexity index is 1170. The van der Waals surface area contributed by atoms with Gasteiger partial charge in [0, 0.05) is 19.2 Å². The summed E-state index contributed by atoms with van der Waals surface area (Å²) in [5.41, 5.74) is 5.18. The molecule has 1 heterocycles. The largest absolute Gasteiger partial charge is 0.494 e. The summed E-state index contributed by atoms with van der Waals surface area (Å²) in [6, 6.07) is 9.69. The average molecular weight is 432 g/mol. The number of sulfone groups is 1. The fraction of sp³-hybridized carbons (Fsp3) is 0.381. The molecule has 0 amide bonds. The number of carbonyl (C=O) groups is 1. The van der Waals surface area contributed by atoms with Gasteiger partial charge in [0.25, 0.3) is 6.47 Å². The molecule has 0 saturated heterocycles. The van der Waals surface area contributed by atoms with Crippen LogP contribution in [0.2, 0.25) is 0 Å². The zero-order valence-electron chi connectivity index (χ0n) is 17.5. The SMILES string of the molecule is COc1cc(C(COC=O)c2ccc(C)c(CCS(C)(=O)=O)c2)cc2nnn(C)c12. The predicted molar refractivity (Wildman–Crippen MR) is 114 cm³/mol. The topological polar surface area (TPSA) is 100 Å². The summed E-state index contributed by atoms with van der Waals surface area (Å²) in [7, 11) is 0.297. The van der Waals surface area contributed by atoms with Crippen LogP contribution in [-0.4, -0.2) is 55.6 Å². The zero-order valence-corrected chi connectivity index (χ0v) is 18.3. The number of nitrogens with zero attached hydrogens (tertiary/aromatic N) is 3. The van der Waals surface area contributed by atoms with E-state index in [9.17, 15) is 13.2 Å². The van der Waals surface area contributed by atoms with Gasteiger partial charge in [-0.1, -0.05) is 23.4 Å². The normalized spacial score (nSPS) is 12.7. The molecule has 0 fully saturated rings. The van der Waals surface area contributed by atoms with Crippen LogP contribution in [0.3, 0.4) is 0 Å². The molecule has 2 aromatic carbocycles. The number of benzene rings is 2. The van der Waals surface area contributed by atoms with E-state index < -0.39 is 9.84 Å². The van der Waals surface area contributed by atoms with Gasteiger partial charge in [-0.3, -0.25) is 4.79 Å². The Labute approximate surface area is 175 Å². The summed E-state index contributed by atoms with van der Waals surface area (Å²) in [6.45, 7) is 2.50. The Morgan fingerprint density at radius 3 is 2.63 bits per heavy atom. The van der Waals surface area contributed by atoms with Gasteiger partial charge in [-0.2, -0.15) is 0 Å². The van der Waals surface area contributed by atoms with E-state index in [1.165, 1.54) is 6.26 Å². The number of rotatable bonds is 9. The lowest BCUT2D eigenvalue weighted by molar-refractivity contribution is -0.128. The molecule has 8 nitrogen and oxygen atoms in total. The van der Waals surface area contributed by atoms with Gasteiger partial charge < -0.3 is 9.47 Å². The molecule has 3 rings (SSSR count). The quantitative estimate of drug-likeness (QED) is 0.479. The van der Waals surface area contributed by atoms with Crippen LogP contribution in [0.1, 0.15) is 28.2 Å².